The molecule has 2 N–H and O–H groups in total. The molecule has 0 bridgehead atoms. The zero-order valence-electron chi connectivity index (χ0n) is 21.9. The summed E-state index contributed by atoms with van der Waals surface area (Å²) in [6.45, 7) is 5.79. The van der Waals surface area contributed by atoms with Crippen molar-refractivity contribution in [2.45, 2.75) is 45.3 Å². The van der Waals surface area contributed by atoms with Gasteiger partial charge in [-0.3, -0.25) is 9.78 Å². The van der Waals surface area contributed by atoms with Gasteiger partial charge in [0, 0.05) is 36.6 Å². The van der Waals surface area contributed by atoms with Crippen molar-refractivity contribution in [3.8, 4) is 22.6 Å². The number of pyridine rings is 1. The van der Waals surface area contributed by atoms with Gasteiger partial charge in [0.25, 0.3) is 4.84 Å². The Morgan fingerprint density at radius 1 is 1.13 bits per heavy atom. The van der Waals surface area contributed by atoms with Gasteiger partial charge in [0.1, 0.15) is 11.6 Å². The lowest BCUT2D eigenvalue weighted by Crippen LogP contribution is -2.50. The maximum absolute atomic E-state index is 14.1. The second-order valence-corrected chi connectivity index (χ2v) is 10.7. The van der Waals surface area contributed by atoms with Crippen LogP contribution in [0.25, 0.3) is 22.6 Å². The number of amides is 2. The third kappa shape index (κ3) is 6.06. The monoisotopic (exact) mass is 543 g/mol. The molecule has 3 heterocycles. The van der Waals surface area contributed by atoms with E-state index in [0.29, 0.717) is 25.3 Å². The zero-order valence-corrected chi connectivity index (χ0v) is 22.7. The quantitative estimate of drug-likeness (QED) is 0.309. The number of nitrogens with zero attached hydrogens (tertiary/aromatic N) is 3. The van der Waals surface area contributed by atoms with Crippen molar-refractivity contribution in [2.24, 2.45) is 0 Å². The van der Waals surface area contributed by atoms with E-state index < -0.39 is 17.7 Å². The van der Waals surface area contributed by atoms with E-state index in [1.807, 2.05) is 54.6 Å². The average molecular weight is 544 g/mol. The van der Waals surface area contributed by atoms with Gasteiger partial charge in [0.05, 0.1) is 0 Å². The van der Waals surface area contributed by atoms with Gasteiger partial charge >= 0.3 is 6.09 Å². The Kier molecular flexibility index (Phi) is 7.30. The third-order valence-electron chi connectivity index (χ3n) is 6.32. The summed E-state index contributed by atoms with van der Waals surface area (Å²) in [6.07, 6.45) is 3.69. The summed E-state index contributed by atoms with van der Waals surface area (Å²) in [5.41, 5.74) is 4.42. The van der Waals surface area contributed by atoms with Crippen LogP contribution >= 0.6 is 12.2 Å². The van der Waals surface area contributed by atoms with Gasteiger partial charge in [-0.25, -0.2) is 9.89 Å². The lowest BCUT2D eigenvalue weighted by Gasteiger charge is -2.27. The first-order chi connectivity index (χ1) is 18.7. The molecule has 200 valence electrons. The molecule has 0 saturated heterocycles. The summed E-state index contributed by atoms with van der Waals surface area (Å²) in [4.78, 5) is 32.9. The summed E-state index contributed by atoms with van der Waals surface area (Å²) in [5, 5.41) is 9.75. The van der Waals surface area contributed by atoms with Crippen molar-refractivity contribution in [3.63, 3.8) is 0 Å². The number of hydrogen-bond donors (Lipinski definition) is 2. The molecule has 5 rings (SSSR count). The number of benzene rings is 2. The number of H-pyrrole nitrogens is 1. The number of nitrogens with one attached hydrogen (secondary N) is 2. The fraction of sp³-hybridized carbons (Fsp3) is 0.276. The van der Waals surface area contributed by atoms with Crippen molar-refractivity contribution in [1.82, 2.24) is 20.5 Å². The fourth-order valence-electron chi connectivity index (χ4n) is 4.67. The first-order valence-electron chi connectivity index (χ1n) is 12.7. The summed E-state index contributed by atoms with van der Waals surface area (Å²) in [5.74, 6) is 0.124. The highest BCUT2D eigenvalue weighted by atomic mass is 32.1. The predicted octanol–water partition coefficient (Wildman–Crippen LogP) is 5.49. The molecule has 1 atom stereocenters. The highest BCUT2D eigenvalue weighted by Gasteiger charge is 2.34. The number of rotatable bonds is 6. The number of alkyl carbamates (subject to hydrolysis) is 1. The number of anilines is 1. The minimum absolute atomic E-state index is 0.170. The maximum Gasteiger partial charge on any atom is 0.408 e. The van der Waals surface area contributed by atoms with E-state index in [0.717, 1.165) is 33.5 Å². The third-order valence-corrected chi connectivity index (χ3v) is 6.50. The zero-order chi connectivity index (χ0) is 27.6. The molecule has 1 aliphatic heterocycles. The predicted molar refractivity (Wildman–Crippen MR) is 150 cm³/mol. The second kappa shape index (κ2) is 10.8. The molecule has 10 heteroatoms. The van der Waals surface area contributed by atoms with Crippen LogP contribution in [0, 0.1) is 4.84 Å². The molecule has 0 spiro atoms. The Balaban J connectivity index is 1.54. The summed E-state index contributed by atoms with van der Waals surface area (Å²) in [6, 6.07) is 16.5. The first kappa shape index (κ1) is 26.3. The molecule has 0 saturated carbocycles. The highest BCUT2D eigenvalue weighted by molar-refractivity contribution is 7.71. The Labute approximate surface area is 231 Å². The lowest BCUT2D eigenvalue weighted by molar-refractivity contribution is -0.120. The highest BCUT2D eigenvalue weighted by Crippen LogP contribution is 2.40. The molecule has 39 heavy (non-hydrogen) atoms. The van der Waals surface area contributed by atoms with Crippen molar-refractivity contribution in [2.75, 3.05) is 11.4 Å². The van der Waals surface area contributed by atoms with Crippen LogP contribution in [0.3, 0.4) is 0 Å². The standard InChI is InChI=1S/C29H29N5O4S/c1-29(2,3)38-27(36)31-23(15-18-7-5-4-6-8-18)26(35)34-14-11-21-22(25-32-33-28(39)37-25)16-20(17-24(21)34)19-9-12-30-13-10-19/h4-10,12-13,16-17,23H,11,14-15H2,1-3H3,(H,31,36)(H,33,39). The van der Waals surface area contributed by atoms with Crippen molar-refractivity contribution < 1.29 is 18.7 Å². The first-order valence-corrected chi connectivity index (χ1v) is 13.1. The van der Waals surface area contributed by atoms with Gasteiger partial charge in [0.15, 0.2) is 0 Å². The molecule has 1 unspecified atom stereocenters. The van der Waals surface area contributed by atoms with E-state index in [1.54, 1.807) is 38.1 Å². The molecule has 2 aromatic heterocycles. The molecule has 2 aromatic carbocycles. The lowest BCUT2D eigenvalue weighted by atomic mass is 9.97. The SMILES string of the molecule is CC(C)(C)OC(=O)NC(Cc1ccccc1)C(=O)N1CCc2c(-c3n[nH]c(=S)o3)cc(-c3ccncc3)cc21. The normalized spacial score (nSPS) is 13.6. The Morgan fingerprint density at radius 3 is 2.54 bits per heavy atom. The molecule has 4 aromatic rings. The van der Waals surface area contributed by atoms with Gasteiger partial charge in [-0.15, -0.1) is 5.10 Å². The molecular weight excluding hydrogens is 514 g/mol. The molecule has 1 aliphatic rings. The molecule has 0 fully saturated rings. The van der Waals surface area contributed by atoms with Crippen LogP contribution in [-0.2, 0) is 22.4 Å². The Morgan fingerprint density at radius 2 is 1.87 bits per heavy atom. The number of hydrogen-bond acceptors (Lipinski definition) is 7. The van der Waals surface area contributed by atoms with Crippen LogP contribution in [0.5, 0.6) is 0 Å². The number of aromatic nitrogens is 3. The average Bonchev–Trinajstić information content (AvgIpc) is 3.53. The summed E-state index contributed by atoms with van der Waals surface area (Å²) >= 11 is 5.12. The van der Waals surface area contributed by atoms with Gasteiger partial charge in [0.2, 0.25) is 11.8 Å². The number of aromatic amines is 1. The molecule has 2 amide bonds. The Bertz CT molecular complexity index is 1540. The molecule has 0 radical (unpaired) electrons. The van der Waals surface area contributed by atoms with Crippen molar-refractivity contribution in [1.29, 1.82) is 0 Å². The minimum Gasteiger partial charge on any atom is -0.444 e. The smallest absolute Gasteiger partial charge is 0.408 e. The van der Waals surface area contributed by atoms with Crippen LogP contribution in [0.4, 0.5) is 10.5 Å². The second-order valence-electron chi connectivity index (χ2n) is 10.3. The minimum atomic E-state index is -0.837. The molecular formula is C29H29N5O4S. The maximum atomic E-state index is 14.1. The van der Waals surface area contributed by atoms with Crippen LogP contribution in [-0.4, -0.2) is 45.4 Å². The van der Waals surface area contributed by atoms with E-state index in [4.69, 9.17) is 21.4 Å². The van der Waals surface area contributed by atoms with Gasteiger partial charge in [-0.05, 0) is 85.9 Å². The van der Waals surface area contributed by atoms with E-state index in [-0.39, 0.29) is 10.7 Å². The van der Waals surface area contributed by atoms with E-state index >= 15 is 0 Å². The topological polar surface area (TPSA) is 113 Å². The number of fused-ring (bicyclic) bond motifs is 1. The van der Waals surface area contributed by atoms with E-state index in [1.165, 1.54) is 0 Å². The fourth-order valence-corrected chi connectivity index (χ4v) is 4.79. The Hall–Kier alpha value is -4.31. The number of ether oxygens (including phenoxy) is 1. The molecule has 0 aliphatic carbocycles. The van der Waals surface area contributed by atoms with Crippen molar-refractivity contribution >= 4 is 29.9 Å². The summed E-state index contributed by atoms with van der Waals surface area (Å²) < 4.78 is 11.1. The van der Waals surface area contributed by atoms with Gasteiger partial charge < -0.3 is 19.4 Å². The van der Waals surface area contributed by atoms with Crippen LogP contribution < -0.4 is 10.2 Å². The van der Waals surface area contributed by atoms with Crippen LogP contribution in [0.2, 0.25) is 0 Å². The largest absolute Gasteiger partial charge is 0.444 e. The number of carbonyl (C=O) groups excluding carboxylic acids is 2. The molecule has 9 nitrogen and oxygen atoms in total. The van der Waals surface area contributed by atoms with Gasteiger partial charge in [-0.1, -0.05) is 30.3 Å². The van der Waals surface area contributed by atoms with E-state index in [9.17, 15) is 9.59 Å². The van der Waals surface area contributed by atoms with E-state index in [2.05, 4.69) is 20.5 Å². The van der Waals surface area contributed by atoms with Crippen molar-refractivity contribution in [3.05, 3.63) is 83.0 Å². The summed E-state index contributed by atoms with van der Waals surface area (Å²) in [7, 11) is 0. The number of carbonyl (C=O) groups is 2. The van der Waals surface area contributed by atoms with Gasteiger partial charge in [-0.2, -0.15) is 0 Å². The van der Waals surface area contributed by atoms with Crippen LogP contribution in [0.15, 0.2) is 71.4 Å². The van der Waals surface area contributed by atoms with Crippen LogP contribution in [0.1, 0.15) is 31.9 Å².